The Kier molecular flexibility index (Phi) is 6.09. The number of hydrogen-bond donors (Lipinski definition) is 0. The van der Waals surface area contributed by atoms with E-state index in [1.807, 2.05) is 43.0 Å². The van der Waals surface area contributed by atoms with Gasteiger partial charge in [-0.25, -0.2) is 0 Å². The van der Waals surface area contributed by atoms with E-state index in [-0.39, 0.29) is 17.4 Å². The van der Waals surface area contributed by atoms with Crippen LogP contribution in [0.4, 0.5) is 5.69 Å². The Labute approximate surface area is 140 Å². The SMILES string of the molecule is CCCC(C)N(C(=O)C(C)(C)C(C)(C)C)c1cccc(Cl)c1. The molecular weight excluding hydrogens is 294 g/mol. The molecule has 1 amide bonds. The van der Waals surface area contributed by atoms with E-state index in [1.165, 1.54) is 0 Å². The van der Waals surface area contributed by atoms with Gasteiger partial charge in [-0.2, -0.15) is 0 Å². The third-order valence-corrected chi connectivity index (χ3v) is 5.10. The number of amides is 1. The fraction of sp³-hybridized carbons (Fsp3) is 0.632. The van der Waals surface area contributed by atoms with Crippen LogP contribution in [0.2, 0.25) is 5.02 Å². The molecule has 0 bridgehead atoms. The Balaban J connectivity index is 3.30. The van der Waals surface area contributed by atoms with Crippen molar-refractivity contribution in [3.8, 4) is 0 Å². The van der Waals surface area contributed by atoms with Gasteiger partial charge in [-0.3, -0.25) is 4.79 Å². The van der Waals surface area contributed by atoms with E-state index in [0.717, 1.165) is 18.5 Å². The first-order chi connectivity index (χ1) is 10.0. The van der Waals surface area contributed by atoms with Crippen LogP contribution >= 0.6 is 11.6 Å². The normalized spacial score (nSPS) is 13.8. The highest BCUT2D eigenvalue weighted by atomic mass is 35.5. The van der Waals surface area contributed by atoms with Crippen LogP contribution < -0.4 is 4.90 Å². The third kappa shape index (κ3) is 4.04. The van der Waals surface area contributed by atoms with Gasteiger partial charge in [0.2, 0.25) is 5.91 Å². The molecule has 0 saturated carbocycles. The van der Waals surface area contributed by atoms with Gasteiger partial charge in [0.05, 0.1) is 0 Å². The molecule has 1 aromatic rings. The molecule has 0 N–H and O–H groups in total. The molecule has 1 aromatic carbocycles. The quantitative estimate of drug-likeness (QED) is 0.657. The number of carbonyl (C=O) groups is 1. The van der Waals surface area contributed by atoms with E-state index in [0.29, 0.717) is 5.02 Å². The van der Waals surface area contributed by atoms with Gasteiger partial charge in [0.1, 0.15) is 0 Å². The van der Waals surface area contributed by atoms with Crippen LogP contribution in [-0.2, 0) is 4.79 Å². The third-order valence-electron chi connectivity index (χ3n) is 4.86. The smallest absolute Gasteiger partial charge is 0.233 e. The summed E-state index contributed by atoms with van der Waals surface area (Å²) in [5.74, 6) is 0.156. The summed E-state index contributed by atoms with van der Waals surface area (Å²) < 4.78 is 0. The average Bonchev–Trinajstić information content (AvgIpc) is 2.37. The minimum Gasteiger partial charge on any atom is -0.309 e. The van der Waals surface area contributed by atoms with E-state index < -0.39 is 5.41 Å². The zero-order valence-electron chi connectivity index (χ0n) is 15.0. The minimum absolute atomic E-state index is 0.118. The maximum absolute atomic E-state index is 13.3. The first-order valence-corrected chi connectivity index (χ1v) is 8.49. The molecule has 124 valence electrons. The van der Waals surface area contributed by atoms with E-state index in [9.17, 15) is 4.79 Å². The summed E-state index contributed by atoms with van der Waals surface area (Å²) in [6, 6.07) is 7.74. The molecule has 0 saturated heterocycles. The maximum atomic E-state index is 13.3. The summed E-state index contributed by atoms with van der Waals surface area (Å²) in [6.07, 6.45) is 2.01. The lowest BCUT2D eigenvalue weighted by Gasteiger charge is -2.43. The van der Waals surface area contributed by atoms with Crippen molar-refractivity contribution in [1.29, 1.82) is 0 Å². The summed E-state index contributed by atoms with van der Waals surface area (Å²) in [5.41, 5.74) is 0.306. The molecule has 22 heavy (non-hydrogen) atoms. The van der Waals surface area contributed by atoms with Crippen molar-refractivity contribution in [3.63, 3.8) is 0 Å². The van der Waals surface area contributed by atoms with Crippen molar-refractivity contribution >= 4 is 23.2 Å². The number of benzene rings is 1. The van der Waals surface area contributed by atoms with Crippen LogP contribution in [0.25, 0.3) is 0 Å². The lowest BCUT2D eigenvalue weighted by Crippen LogP contribution is -2.50. The zero-order valence-corrected chi connectivity index (χ0v) is 15.8. The van der Waals surface area contributed by atoms with Gasteiger partial charge in [0, 0.05) is 22.2 Å². The largest absolute Gasteiger partial charge is 0.309 e. The highest BCUT2D eigenvalue weighted by molar-refractivity contribution is 6.30. The predicted octanol–water partition coefficient (Wildman–Crippen LogP) is 5.93. The van der Waals surface area contributed by atoms with Crippen molar-refractivity contribution in [2.45, 2.75) is 67.3 Å². The summed E-state index contributed by atoms with van der Waals surface area (Å²) in [7, 11) is 0. The molecule has 1 atom stereocenters. The Bertz CT molecular complexity index is 516. The van der Waals surface area contributed by atoms with E-state index >= 15 is 0 Å². The van der Waals surface area contributed by atoms with Gasteiger partial charge in [-0.15, -0.1) is 0 Å². The lowest BCUT2D eigenvalue weighted by molar-refractivity contribution is -0.132. The van der Waals surface area contributed by atoms with E-state index in [2.05, 4.69) is 34.6 Å². The molecule has 1 unspecified atom stereocenters. The van der Waals surface area contributed by atoms with Crippen LogP contribution in [0.5, 0.6) is 0 Å². The van der Waals surface area contributed by atoms with Gasteiger partial charge in [0.25, 0.3) is 0 Å². The predicted molar refractivity (Wildman–Crippen MR) is 96.5 cm³/mol. The second-order valence-corrected chi connectivity index (χ2v) is 8.10. The van der Waals surface area contributed by atoms with Crippen LogP contribution in [0.1, 0.15) is 61.3 Å². The second kappa shape index (κ2) is 7.04. The van der Waals surface area contributed by atoms with Crippen LogP contribution in [0.15, 0.2) is 24.3 Å². The van der Waals surface area contributed by atoms with Gasteiger partial charge in [0.15, 0.2) is 0 Å². The Hall–Kier alpha value is -1.02. The van der Waals surface area contributed by atoms with Crippen LogP contribution in [0, 0.1) is 10.8 Å². The molecule has 3 heteroatoms. The Morgan fingerprint density at radius 3 is 2.27 bits per heavy atom. The topological polar surface area (TPSA) is 20.3 Å². The fourth-order valence-electron chi connectivity index (χ4n) is 2.37. The second-order valence-electron chi connectivity index (χ2n) is 7.67. The summed E-state index contributed by atoms with van der Waals surface area (Å²) >= 11 is 6.14. The van der Waals surface area contributed by atoms with E-state index in [4.69, 9.17) is 11.6 Å². The van der Waals surface area contributed by atoms with E-state index in [1.54, 1.807) is 0 Å². The minimum atomic E-state index is -0.461. The fourth-order valence-corrected chi connectivity index (χ4v) is 2.55. The van der Waals surface area contributed by atoms with Crippen molar-refractivity contribution in [1.82, 2.24) is 0 Å². The molecule has 2 nitrogen and oxygen atoms in total. The lowest BCUT2D eigenvalue weighted by atomic mass is 9.68. The number of anilines is 1. The Morgan fingerprint density at radius 2 is 1.82 bits per heavy atom. The van der Waals surface area contributed by atoms with Crippen LogP contribution in [0.3, 0.4) is 0 Å². The zero-order chi connectivity index (χ0) is 17.1. The first kappa shape index (κ1) is 19.0. The Morgan fingerprint density at radius 1 is 1.23 bits per heavy atom. The molecule has 0 spiro atoms. The number of hydrogen-bond acceptors (Lipinski definition) is 1. The molecule has 0 aliphatic rings. The van der Waals surface area contributed by atoms with Crippen molar-refractivity contribution in [2.24, 2.45) is 10.8 Å². The summed E-state index contributed by atoms with van der Waals surface area (Å²) in [5, 5.41) is 0.660. The molecule has 0 aliphatic carbocycles. The molecule has 0 radical (unpaired) electrons. The molecule has 1 rings (SSSR count). The number of nitrogens with zero attached hydrogens (tertiary/aromatic N) is 1. The van der Waals surface area contributed by atoms with Crippen molar-refractivity contribution in [2.75, 3.05) is 4.90 Å². The van der Waals surface area contributed by atoms with Gasteiger partial charge in [-0.05, 0) is 37.0 Å². The highest BCUT2D eigenvalue weighted by Crippen LogP contribution is 2.41. The molecule has 0 heterocycles. The monoisotopic (exact) mass is 323 g/mol. The van der Waals surface area contributed by atoms with Crippen molar-refractivity contribution in [3.05, 3.63) is 29.3 Å². The van der Waals surface area contributed by atoms with Crippen molar-refractivity contribution < 1.29 is 4.79 Å². The number of carbonyl (C=O) groups excluding carboxylic acids is 1. The van der Waals surface area contributed by atoms with Gasteiger partial charge in [-0.1, -0.05) is 65.6 Å². The maximum Gasteiger partial charge on any atom is 0.233 e. The molecule has 0 aliphatic heterocycles. The summed E-state index contributed by atoms with van der Waals surface area (Å²) in [4.78, 5) is 15.3. The number of rotatable bonds is 5. The highest BCUT2D eigenvalue weighted by Gasteiger charge is 2.43. The number of halogens is 1. The first-order valence-electron chi connectivity index (χ1n) is 8.11. The molecular formula is C19H30ClNO. The average molecular weight is 324 g/mol. The van der Waals surface area contributed by atoms with Crippen LogP contribution in [-0.4, -0.2) is 11.9 Å². The standard InChI is InChI=1S/C19H30ClNO/c1-8-10-14(2)21(16-12-9-11-15(20)13-16)17(22)19(6,7)18(3,4)5/h9,11-14H,8,10H2,1-7H3. The molecule has 0 fully saturated rings. The molecule has 0 aromatic heterocycles. The summed E-state index contributed by atoms with van der Waals surface area (Å²) in [6.45, 7) is 14.7. The van der Waals surface area contributed by atoms with Gasteiger partial charge < -0.3 is 4.90 Å². The van der Waals surface area contributed by atoms with Gasteiger partial charge >= 0.3 is 0 Å².